The number of nitrogens with zero attached hydrogens (tertiary/aromatic N) is 1. The van der Waals surface area contributed by atoms with E-state index < -0.39 is 0 Å². The molecule has 0 saturated carbocycles. The Morgan fingerprint density at radius 1 is 1.45 bits per heavy atom. The number of methoxy groups -OCH3 is 1. The van der Waals surface area contributed by atoms with Crippen LogP contribution in [0, 0.1) is 5.92 Å². The van der Waals surface area contributed by atoms with E-state index in [0.717, 1.165) is 5.92 Å². The standard InChI is InChI=1S/C17H28N2O/c1-3-14-7-5-9-19(12-14)17(11-18)16-8-4-6-15(10-16)13-20-2/h4,6,8,10,14,17H,3,5,7,9,11-13,18H2,1-2H3. The lowest BCUT2D eigenvalue weighted by molar-refractivity contribution is 0.124. The van der Waals surface area contributed by atoms with Gasteiger partial charge >= 0.3 is 0 Å². The summed E-state index contributed by atoms with van der Waals surface area (Å²) in [6, 6.07) is 9.03. The van der Waals surface area contributed by atoms with Gasteiger partial charge in [-0.05, 0) is 36.4 Å². The third-order valence-corrected chi connectivity index (χ3v) is 4.44. The van der Waals surface area contributed by atoms with Crippen molar-refractivity contribution in [1.82, 2.24) is 4.90 Å². The minimum atomic E-state index is 0.348. The average molecular weight is 276 g/mol. The highest BCUT2D eigenvalue weighted by atomic mass is 16.5. The monoisotopic (exact) mass is 276 g/mol. The van der Waals surface area contributed by atoms with E-state index in [9.17, 15) is 0 Å². The van der Waals surface area contributed by atoms with Crippen molar-refractivity contribution in [2.24, 2.45) is 11.7 Å². The van der Waals surface area contributed by atoms with Crippen LogP contribution < -0.4 is 5.73 Å². The zero-order valence-corrected chi connectivity index (χ0v) is 12.8. The van der Waals surface area contributed by atoms with Crippen molar-refractivity contribution in [3.63, 3.8) is 0 Å². The molecule has 2 rings (SSSR count). The SMILES string of the molecule is CCC1CCCN(C(CN)c2cccc(COC)c2)C1. The number of piperidine rings is 1. The van der Waals surface area contributed by atoms with Gasteiger partial charge < -0.3 is 10.5 Å². The summed E-state index contributed by atoms with van der Waals surface area (Å²) in [6.45, 7) is 6.01. The topological polar surface area (TPSA) is 38.5 Å². The molecule has 20 heavy (non-hydrogen) atoms. The second kappa shape index (κ2) is 7.77. The third kappa shape index (κ3) is 3.81. The van der Waals surface area contributed by atoms with Gasteiger partial charge in [-0.25, -0.2) is 0 Å². The first kappa shape index (κ1) is 15.5. The maximum Gasteiger partial charge on any atom is 0.0713 e. The molecule has 1 heterocycles. The number of likely N-dealkylation sites (tertiary alicyclic amines) is 1. The maximum atomic E-state index is 6.07. The molecule has 0 radical (unpaired) electrons. The first-order valence-corrected chi connectivity index (χ1v) is 7.80. The molecule has 0 spiro atoms. The van der Waals surface area contributed by atoms with Crippen LogP contribution in [0.15, 0.2) is 24.3 Å². The molecule has 0 aromatic heterocycles. The maximum absolute atomic E-state index is 6.07. The predicted octanol–water partition coefficient (Wildman–Crippen LogP) is 2.95. The van der Waals surface area contributed by atoms with Crippen LogP contribution in [0.5, 0.6) is 0 Å². The highest BCUT2D eigenvalue weighted by Crippen LogP contribution is 2.28. The fourth-order valence-corrected chi connectivity index (χ4v) is 3.27. The Morgan fingerprint density at radius 2 is 2.30 bits per heavy atom. The van der Waals surface area contributed by atoms with E-state index in [1.165, 1.54) is 43.5 Å². The van der Waals surface area contributed by atoms with Gasteiger partial charge in [0.15, 0.2) is 0 Å². The van der Waals surface area contributed by atoms with Crippen molar-refractivity contribution in [2.45, 2.75) is 38.8 Å². The Bertz CT molecular complexity index is 408. The largest absolute Gasteiger partial charge is 0.380 e. The Hall–Kier alpha value is -0.900. The first-order chi connectivity index (χ1) is 9.78. The van der Waals surface area contributed by atoms with Gasteiger partial charge in [-0.15, -0.1) is 0 Å². The lowest BCUT2D eigenvalue weighted by atomic mass is 9.92. The fraction of sp³-hybridized carbons (Fsp3) is 0.647. The van der Waals surface area contributed by atoms with Crippen molar-refractivity contribution < 1.29 is 4.74 Å². The van der Waals surface area contributed by atoms with Gasteiger partial charge in [0.1, 0.15) is 0 Å². The van der Waals surface area contributed by atoms with E-state index in [2.05, 4.69) is 36.1 Å². The molecule has 2 atom stereocenters. The fourth-order valence-electron chi connectivity index (χ4n) is 3.27. The van der Waals surface area contributed by atoms with Gasteiger partial charge in [0.05, 0.1) is 6.61 Å². The van der Waals surface area contributed by atoms with Crippen molar-refractivity contribution in [2.75, 3.05) is 26.7 Å². The van der Waals surface area contributed by atoms with Crippen LogP contribution in [0.25, 0.3) is 0 Å². The summed E-state index contributed by atoms with van der Waals surface area (Å²) >= 11 is 0. The zero-order chi connectivity index (χ0) is 14.4. The quantitative estimate of drug-likeness (QED) is 0.868. The molecule has 0 aliphatic carbocycles. The van der Waals surface area contributed by atoms with Crippen LogP contribution in [0.1, 0.15) is 43.4 Å². The Labute approximate surface area is 123 Å². The third-order valence-electron chi connectivity index (χ3n) is 4.44. The van der Waals surface area contributed by atoms with Crippen LogP contribution in [0.4, 0.5) is 0 Å². The van der Waals surface area contributed by atoms with Crippen LogP contribution in [0.3, 0.4) is 0 Å². The van der Waals surface area contributed by atoms with Crippen molar-refractivity contribution in [3.8, 4) is 0 Å². The van der Waals surface area contributed by atoms with Crippen LogP contribution in [-0.2, 0) is 11.3 Å². The first-order valence-electron chi connectivity index (χ1n) is 7.80. The summed E-state index contributed by atoms with van der Waals surface area (Å²) in [5, 5.41) is 0. The molecule has 3 heteroatoms. The number of ether oxygens (including phenoxy) is 1. The highest BCUT2D eigenvalue weighted by molar-refractivity contribution is 5.26. The lowest BCUT2D eigenvalue weighted by Gasteiger charge is -2.38. The van der Waals surface area contributed by atoms with Gasteiger partial charge in [0, 0.05) is 26.2 Å². The van der Waals surface area contributed by atoms with Crippen molar-refractivity contribution >= 4 is 0 Å². The minimum absolute atomic E-state index is 0.348. The van der Waals surface area contributed by atoms with E-state index in [1.54, 1.807) is 7.11 Å². The summed E-state index contributed by atoms with van der Waals surface area (Å²) in [5.74, 6) is 0.833. The molecular weight excluding hydrogens is 248 g/mol. The second-order valence-electron chi connectivity index (χ2n) is 5.84. The number of benzene rings is 1. The highest BCUT2D eigenvalue weighted by Gasteiger charge is 2.25. The normalized spacial score (nSPS) is 21.9. The van der Waals surface area contributed by atoms with E-state index in [4.69, 9.17) is 10.5 Å². The van der Waals surface area contributed by atoms with Gasteiger partial charge in [-0.1, -0.05) is 37.6 Å². The average Bonchev–Trinajstić information content (AvgIpc) is 2.49. The molecule has 3 nitrogen and oxygen atoms in total. The predicted molar refractivity (Wildman–Crippen MR) is 83.5 cm³/mol. The number of rotatable bonds is 6. The van der Waals surface area contributed by atoms with Crippen molar-refractivity contribution in [3.05, 3.63) is 35.4 Å². The van der Waals surface area contributed by atoms with Crippen LogP contribution >= 0.6 is 0 Å². The smallest absolute Gasteiger partial charge is 0.0713 e. The number of hydrogen-bond acceptors (Lipinski definition) is 3. The Kier molecular flexibility index (Phi) is 6.02. The Balaban J connectivity index is 2.12. The molecular formula is C17H28N2O. The molecule has 1 aromatic rings. The molecule has 1 aromatic carbocycles. The molecule has 2 N–H and O–H groups in total. The van der Waals surface area contributed by atoms with E-state index in [0.29, 0.717) is 19.2 Å². The Morgan fingerprint density at radius 3 is 3.00 bits per heavy atom. The summed E-state index contributed by atoms with van der Waals surface area (Å²) in [7, 11) is 1.74. The summed E-state index contributed by atoms with van der Waals surface area (Å²) in [6.07, 6.45) is 3.94. The molecule has 0 bridgehead atoms. The molecule has 2 unspecified atom stereocenters. The lowest BCUT2D eigenvalue weighted by Crippen LogP contribution is -2.41. The molecule has 1 aliphatic rings. The number of nitrogens with two attached hydrogens (primary N) is 1. The van der Waals surface area contributed by atoms with Crippen molar-refractivity contribution in [1.29, 1.82) is 0 Å². The second-order valence-corrected chi connectivity index (χ2v) is 5.84. The number of hydrogen-bond donors (Lipinski definition) is 1. The summed E-state index contributed by atoms with van der Waals surface area (Å²) in [4.78, 5) is 2.57. The zero-order valence-electron chi connectivity index (χ0n) is 12.8. The molecule has 112 valence electrons. The van der Waals surface area contributed by atoms with Gasteiger partial charge in [-0.3, -0.25) is 4.90 Å². The van der Waals surface area contributed by atoms with Gasteiger partial charge in [0.25, 0.3) is 0 Å². The van der Waals surface area contributed by atoms with Crippen LogP contribution in [-0.4, -0.2) is 31.6 Å². The summed E-state index contributed by atoms with van der Waals surface area (Å²) in [5.41, 5.74) is 8.64. The van der Waals surface area contributed by atoms with E-state index >= 15 is 0 Å². The summed E-state index contributed by atoms with van der Waals surface area (Å²) < 4.78 is 5.23. The van der Waals surface area contributed by atoms with Gasteiger partial charge in [0.2, 0.25) is 0 Å². The molecule has 1 aliphatic heterocycles. The molecule has 0 amide bonds. The molecule has 1 fully saturated rings. The molecule has 1 saturated heterocycles. The minimum Gasteiger partial charge on any atom is -0.380 e. The van der Waals surface area contributed by atoms with E-state index in [1.807, 2.05) is 0 Å². The van der Waals surface area contributed by atoms with E-state index in [-0.39, 0.29) is 0 Å². The van der Waals surface area contributed by atoms with Crippen LogP contribution in [0.2, 0.25) is 0 Å². The van der Waals surface area contributed by atoms with Gasteiger partial charge in [-0.2, -0.15) is 0 Å².